The van der Waals surface area contributed by atoms with Gasteiger partial charge in [-0.15, -0.1) is 0 Å². The van der Waals surface area contributed by atoms with Crippen LogP contribution in [0, 0.1) is 0 Å². The fourth-order valence-corrected chi connectivity index (χ4v) is 2.61. The highest BCUT2D eigenvalue weighted by atomic mass is 79.9. The van der Waals surface area contributed by atoms with Crippen LogP contribution in [0.4, 0.5) is 10.5 Å². The molecule has 0 atom stereocenters. The SMILES string of the molecule is CC(C)(C)n1ncc(NC(=O)NC(=O)c2ccccc2Br)c(Cl)c1=O. The average Bonchev–Trinajstić information content (AvgIpc) is 2.51. The molecule has 1 aromatic carbocycles. The lowest BCUT2D eigenvalue weighted by Crippen LogP contribution is -2.38. The van der Waals surface area contributed by atoms with E-state index >= 15 is 0 Å². The van der Waals surface area contributed by atoms with Crippen molar-refractivity contribution in [1.29, 1.82) is 0 Å². The Labute approximate surface area is 157 Å². The van der Waals surface area contributed by atoms with Gasteiger partial charge < -0.3 is 5.32 Å². The maximum absolute atomic E-state index is 12.2. The van der Waals surface area contributed by atoms with Gasteiger partial charge in [-0.3, -0.25) is 14.9 Å². The van der Waals surface area contributed by atoms with Crippen LogP contribution in [0.1, 0.15) is 31.1 Å². The summed E-state index contributed by atoms with van der Waals surface area (Å²) in [5, 5.41) is 8.33. The van der Waals surface area contributed by atoms with Gasteiger partial charge in [0.2, 0.25) is 0 Å². The van der Waals surface area contributed by atoms with Crippen molar-refractivity contribution in [3.05, 3.63) is 55.9 Å². The highest BCUT2D eigenvalue weighted by Crippen LogP contribution is 2.19. The average molecular weight is 428 g/mol. The molecule has 0 fully saturated rings. The second-order valence-electron chi connectivity index (χ2n) is 6.15. The van der Waals surface area contributed by atoms with E-state index in [1.807, 2.05) is 0 Å². The first-order valence-electron chi connectivity index (χ1n) is 7.26. The van der Waals surface area contributed by atoms with Gasteiger partial charge in [-0.1, -0.05) is 23.7 Å². The van der Waals surface area contributed by atoms with Gasteiger partial charge in [-0.05, 0) is 48.8 Å². The Kier molecular flexibility index (Phi) is 5.64. The van der Waals surface area contributed by atoms with E-state index in [1.54, 1.807) is 45.0 Å². The molecule has 7 nitrogen and oxygen atoms in total. The molecule has 0 unspecified atom stereocenters. The summed E-state index contributed by atoms with van der Waals surface area (Å²) in [7, 11) is 0. The fraction of sp³-hybridized carbons (Fsp3) is 0.250. The highest BCUT2D eigenvalue weighted by Gasteiger charge is 2.20. The summed E-state index contributed by atoms with van der Waals surface area (Å²) < 4.78 is 1.76. The summed E-state index contributed by atoms with van der Waals surface area (Å²) in [6.45, 7) is 5.40. The van der Waals surface area contributed by atoms with Gasteiger partial charge in [0.15, 0.2) is 0 Å². The summed E-state index contributed by atoms with van der Waals surface area (Å²) in [6, 6.07) is 5.84. The van der Waals surface area contributed by atoms with E-state index in [-0.39, 0.29) is 10.7 Å². The predicted molar refractivity (Wildman–Crippen MR) is 99.1 cm³/mol. The molecule has 25 heavy (non-hydrogen) atoms. The van der Waals surface area contributed by atoms with Crippen LogP contribution in [0.25, 0.3) is 0 Å². The van der Waals surface area contributed by atoms with Gasteiger partial charge in [0.05, 0.1) is 23.0 Å². The van der Waals surface area contributed by atoms with E-state index in [9.17, 15) is 14.4 Å². The highest BCUT2D eigenvalue weighted by molar-refractivity contribution is 9.10. The summed E-state index contributed by atoms with van der Waals surface area (Å²) in [5.41, 5.74) is -0.782. The van der Waals surface area contributed by atoms with E-state index in [1.165, 1.54) is 10.9 Å². The quantitative estimate of drug-likeness (QED) is 0.768. The second kappa shape index (κ2) is 7.37. The number of aromatic nitrogens is 2. The maximum Gasteiger partial charge on any atom is 0.326 e. The predicted octanol–water partition coefficient (Wildman–Crippen LogP) is 3.38. The standard InChI is InChI=1S/C16H16BrClN4O3/c1-16(2,3)22-14(24)12(18)11(8-19-22)20-15(25)21-13(23)9-6-4-5-7-10(9)17/h4-8H,1-3H3,(H2,20,21,23,25). The van der Waals surface area contributed by atoms with Crippen LogP contribution in [-0.2, 0) is 5.54 Å². The third-order valence-corrected chi connectivity index (χ3v) is 4.20. The molecular weight excluding hydrogens is 412 g/mol. The van der Waals surface area contributed by atoms with Crippen LogP contribution in [0.5, 0.6) is 0 Å². The van der Waals surface area contributed by atoms with Gasteiger partial charge in [0.1, 0.15) is 5.02 Å². The van der Waals surface area contributed by atoms with E-state index < -0.39 is 23.0 Å². The Balaban J connectivity index is 2.16. The number of benzene rings is 1. The Morgan fingerprint density at radius 2 is 1.88 bits per heavy atom. The fourth-order valence-electron chi connectivity index (χ4n) is 1.97. The van der Waals surface area contributed by atoms with Gasteiger partial charge in [-0.2, -0.15) is 5.10 Å². The number of nitrogens with one attached hydrogen (secondary N) is 2. The molecule has 0 bridgehead atoms. The number of carbonyl (C=O) groups is 2. The molecule has 0 saturated carbocycles. The number of carbonyl (C=O) groups excluding carboxylic acids is 2. The number of amides is 3. The van der Waals surface area contributed by atoms with Crippen LogP contribution in [0.2, 0.25) is 5.02 Å². The minimum absolute atomic E-state index is 0.0181. The topological polar surface area (TPSA) is 93.1 Å². The van der Waals surface area contributed by atoms with Crippen molar-refractivity contribution < 1.29 is 9.59 Å². The molecule has 0 radical (unpaired) electrons. The number of imide groups is 1. The van der Waals surface area contributed by atoms with Crippen molar-refractivity contribution in [2.45, 2.75) is 26.3 Å². The summed E-state index contributed by atoms with van der Waals surface area (Å²) in [6.07, 6.45) is 1.26. The van der Waals surface area contributed by atoms with Crippen LogP contribution < -0.4 is 16.2 Å². The zero-order chi connectivity index (χ0) is 18.8. The molecule has 1 aromatic heterocycles. The number of urea groups is 1. The molecule has 2 aromatic rings. The van der Waals surface area contributed by atoms with E-state index in [0.29, 0.717) is 10.0 Å². The van der Waals surface area contributed by atoms with Gasteiger partial charge >= 0.3 is 6.03 Å². The summed E-state index contributed by atoms with van der Waals surface area (Å²) in [4.78, 5) is 36.3. The minimum Gasteiger partial charge on any atom is -0.305 e. The summed E-state index contributed by atoms with van der Waals surface area (Å²) >= 11 is 9.25. The Morgan fingerprint density at radius 1 is 1.24 bits per heavy atom. The van der Waals surface area contributed by atoms with Crippen LogP contribution >= 0.6 is 27.5 Å². The Morgan fingerprint density at radius 3 is 2.48 bits per heavy atom. The Bertz CT molecular complexity index is 890. The molecular formula is C16H16BrClN4O3. The lowest BCUT2D eigenvalue weighted by atomic mass is 10.1. The molecule has 0 aliphatic carbocycles. The van der Waals surface area contributed by atoms with Crippen LogP contribution in [-0.4, -0.2) is 21.7 Å². The number of halogens is 2. The molecule has 0 aliphatic rings. The Hall–Kier alpha value is -2.19. The monoisotopic (exact) mass is 426 g/mol. The van der Waals surface area contributed by atoms with Crippen LogP contribution in [0.15, 0.2) is 39.7 Å². The lowest BCUT2D eigenvalue weighted by molar-refractivity contribution is 0.0966. The van der Waals surface area contributed by atoms with Crippen molar-refractivity contribution in [2.75, 3.05) is 5.32 Å². The molecule has 9 heteroatoms. The molecule has 0 spiro atoms. The van der Waals surface area contributed by atoms with Gasteiger partial charge in [0, 0.05) is 4.47 Å². The third-order valence-electron chi connectivity index (χ3n) is 3.15. The van der Waals surface area contributed by atoms with E-state index in [4.69, 9.17) is 11.6 Å². The number of anilines is 1. The largest absolute Gasteiger partial charge is 0.326 e. The minimum atomic E-state index is -0.822. The van der Waals surface area contributed by atoms with Crippen LogP contribution in [0.3, 0.4) is 0 Å². The smallest absolute Gasteiger partial charge is 0.305 e. The molecule has 2 rings (SSSR count). The van der Waals surface area contributed by atoms with Crippen molar-refractivity contribution in [2.24, 2.45) is 0 Å². The van der Waals surface area contributed by atoms with Gasteiger partial charge in [0.25, 0.3) is 11.5 Å². The molecule has 0 saturated heterocycles. The first-order chi connectivity index (χ1) is 11.6. The molecule has 1 heterocycles. The number of nitrogens with zero attached hydrogens (tertiary/aromatic N) is 2. The molecule has 132 valence electrons. The third kappa shape index (κ3) is 4.46. The zero-order valence-electron chi connectivity index (χ0n) is 13.8. The van der Waals surface area contributed by atoms with Crippen molar-refractivity contribution >= 4 is 45.2 Å². The normalized spacial score (nSPS) is 11.1. The number of hydrogen-bond acceptors (Lipinski definition) is 4. The van der Waals surface area contributed by atoms with Crippen molar-refractivity contribution in [1.82, 2.24) is 15.1 Å². The lowest BCUT2D eigenvalue weighted by Gasteiger charge is -2.21. The van der Waals surface area contributed by atoms with Crippen molar-refractivity contribution in [3.63, 3.8) is 0 Å². The molecule has 0 aliphatic heterocycles. The van der Waals surface area contributed by atoms with E-state index in [0.717, 1.165) is 0 Å². The number of rotatable bonds is 2. The first-order valence-corrected chi connectivity index (χ1v) is 8.43. The van der Waals surface area contributed by atoms with Crippen molar-refractivity contribution in [3.8, 4) is 0 Å². The molecule has 3 amide bonds. The molecule has 2 N–H and O–H groups in total. The first kappa shape index (κ1) is 19.1. The summed E-state index contributed by atoms with van der Waals surface area (Å²) in [5.74, 6) is -0.600. The zero-order valence-corrected chi connectivity index (χ0v) is 16.1. The van der Waals surface area contributed by atoms with Gasteiger partial charge in [-0.25, -0.2) is 9.48 Å². The second-order valence-corrected chi connectivity index (χ2v) is 7.38. The van der Waals surface area contributed by atoms with E-state index in [2.05, 4.69) is 31.7 Å². The number of hydrogen-bond donors (Lipinski definition) is 2. The maximum atomic E-state index is 12.2.